The van der Waals surface area contributed by atoms with E-state index in [9.17, 15) is 26.4 Å². The van der Waals surface area contributed by atoms with Crippen molar-refractivity contribution in [2.24, 2.45) is 13.0 Å². The minimum Gasteiger partial charge on any atom is -0.444 e. The van der Waals surface area contributed by atoms with Crippen LogP contribution in [0.4, 0.5) is 18.0 Å². The quantitative estimate of drug-likeness (QED) is 0.764. The Labute approximate surface area is 156 Å². The Kier molecular flexibility index (Phi) is 5.84. The van der Waals surface area contributed by atoms with Gasteiger partial charge < -0.3 is 9.64 Å². The van der Waals surface area contributed by atoms with Crippen LogP contribution in [-0.4, -0.2) is 53.6 Å². The van der Waals surface area contributed by atoms with Crippen LogP contribution in [0, 0.1) is 5.92 Å². The summed E-state index contributed by atoms with van der Waals surface area (Å²) in [5.74, 6) is -0.538. The molecule has 1 saturated heterocycles. The van der Waals surface area contributed by atoms with Gasteiger partial charge in [-0.25, -0.2) is 13.2 Å². The Bertz CT molecular complexity index is 789. The van der Waals surface area contributed by atoms with Gasteiger partial charge in [-0.15, -0.1) is 0 Å². The highest BCUT2D eigenvalue weighted by Gasteiger charge is 2.37. The number of sulfone groups is 1. The first-order chi connectivity index (χ1) is 12.2. The fourth-order valence-electron chi connectivity index (χ4n) is 2.88. The molecule has 1 aromatic heterocycles. The number of carbonyl (C=O) groups excluding carboxylic acids is 1. The van der Waals surface area contributed by atoms with Crippen molar-refractivity contribution in [2.75, 3.05) is 18.8 Å². The van der Waals surface area contributed by atoms with Crippen molar-refractivity contribution in [3.63, 3.8) is 0 Å². The maximum absolute atomic E-state index is 12.7. The Morgan fingerprint density at radius 3 is 2.26 bits per heavy atom. The topological polar surface area (TPSA) is 81.5 Å². The summed E-state index contributed by atoms with van der Waals surface area (Å²) in [6.07, 6.45) is -4.29. The van der Waals surface area contributed by atoms with Crippen molar-refractivity contribution in [2.45, 2.75) is 50.4 Å². The van der Waals surface area contributed by atoms with Gasteiger partial charge in [-0.1, -0.05) is 0 Å². The van der Waals surface area contributed by atoms with E-state index in [0.29, 0.717) is 32.0 Å². The van der Waals surface area contributed by atoms with Crippen LogP contribution in [0.25, 0.3) is 0 Å². The molecule has 11 heteroatoms. The molecule has 2 heterocycles. The molecule has 27 heavy (non-hydrogen) atoms. The lowest BCUT2D eigenvalue weighted by atomic mass is 9.99. The summed E-state index contributed by atoms with van der Waals surface area (Å²) in [5.41, 5.74) is -1.85. The van der Waals surface area contributed by atoms with Crippen LogP contribution in [0.15, 0.2) is 11.1 Å². The van der Waals surface area contributed by atoms with Gasteiger partial charge in [0.2, 0.25) is 0 Å². The van der Waals surface area contributed by atoms with Crippen LogP contribution >= 0.6 is 0 Å². The fourth-order valence-corrected chi connectivity index (χ4v) is 4.74. The molecule has 1 aliphatic rings. The van der Waals surface area contributed by atoms with Gasteiger partial charge in [0, 0.05) is 26.2 Å². The van der Waals surface area contributed by atoms with Crippen LogP contribution in [0.2, 0.25) is 0 Å². The molecule has 0 aromatic carbocycles. The van der Waals surface area contributed by atoms with Crippen molar-refractivity contribution in [3.05, 3.63) is 11.8 Å². The molecule has 2 rings (SSSR count). The summed E-state index contributed by atoms with van der Waals surface area (Å²) in [5, 5.41) is 2.80. The summed E-state index contributed by atoms with van der Waals surface area (Å²) in [6.45, 7) is 5.95. The standard InChI is InChI=1S/C16H24F3N3O4S/c1-15(2,3)26-14(23)22-7-5-11(6-8-22)10-27(24,25)13-9-12(16(17,18)19)20-21(13)4/h9,11H,5-8,10H2,1-4H3. The molecule has 1 amide bonds. The normalized spacial score (nSPS) is 17.2. The summed E-state index contributed by atoms with van der Waals surface area (Å²) >= 11 is 0. The maximum Gasteiger partial charge on any atom is 0.435 e. The number of halogens is 3. The van der Waals surface area contributed by atoms with E-state index < -0.39 is 38.4 Å². The second-order valence-electron chi connectivity index (χ2n) is 7.68. The van der Waals surface area contributed by atoms with Crippen molar-refractivity contribution < 1.29 is 31.1 Å². The van der Waals surface area contributed by atoms with Crippen molar-refractivity contribution in [1.29, 1.82) is 0 Å². The SMILES string of the molecule is Cn1nc(C(F)(F)F)cc1S(=O)(=O)CC1CCN(C(=O)OC(C)(C)C)CC1. The average Bonchev–Trinajstić information content (AvgIpc) is 2.89. The highest BCUT2D eigenvalue weighted by Crippen LogP contribution is 2.30. The summed E-state index contributed by atoms with van der Waals surface area (Å²) in [6, 6.07) is 0.561. The number of rotatable bonds is 3. The predicted molar refractivity (Wildman–Crippen MR) is 90.8 cm³/mol. The third kappa shape index (κ3) is 5.60. The van der Waals surface area contributed by atoms with E-state index in [4.69, 9.17) is 4.74 Å². The van der Waals surface area contributed by atoms with E-state index in [2.05, 4.69) is 5.10 Å². The fraction of sp³-hybridized carbons (Fsp3) is 0.750. The Morgan fingerprint density at radius 2 is 1.81 bits per heavy atom. The highest BCUT2D eigenvalue weighted by molar-refractivity contribution is 7.91. The van der Waals surface area contributed by atoms with Crippen LogP contribution in [0.5, 0.6) is 0 Å². The zero-order valence-corrected chi connectivity index (χ0v) is 16.5. The number of nitrogens with zero attached hydrogens (tertiary/aromatic N) is 3. The average molecular weight is 411 g/mol. The first-order valence-corrected chi connectivity index (χ1v) is 10.2. The number of aryl methyl sites for hydroxylation is 1. The number of alkyl halides is 3. The van der Waals surface area contributed by atoms with Crippen molar-refractivity contribution in [1.82, 2.24) is 14.7 Å². The van der Waals surface area contributed by atoms with E-state index in [0.717, 1.165) is 4.68 Å². The molecule has 7 nitrogen and oxygen atoms in total. The third-order valence-electron chi connectivity index (χ3n) is 4.17. The number of ether oxygens (including phenoxy) is 1. The first-order valence-electron chi connectivity index (χ1n) is 8.51. The van der Waals surface area contributed by atoms with E-state index in [-0.39, 0.29) is 11.7 Å². The number of hydrogen-bond donors (Lipinski definition) is 0. The lowest BCUT2D eigenvalue weighted by molar-refractivity contribution is -0.141. The number of hydrogen-bond acceptors (Lipinski definition) is 5. The summed E-state index contributed by atoms with van der Waals surface area (Å²) in [4.78, 5) is 13.5. The molecule has 0 unspecified atom stereocenters. The molecule has 0 atom stereocenters. The van der Waals surface area contributed by atoms with Gasteiger partial charge in [-0.3, -0.25) is 4.68 Å². The van der Waals surface area contributed by atoms with Gasteiger partial charge >= 0.3 is 12.3 Å². The number of piperidine rings is 1. The van der Waals surface area contributed by atoms with Crippen molar-refractivity contribution >= 4 is 15.9 Å². The summed E-state index contributed by atoms with van der Waals surface area (Å²) in [7, 11) is -2.76. The second-order valence-corrected chi connectivity index (χ2v) is 9.66. The Balaban J connectivity index is 2.00. The van der Waals surface area contributed by atoms with E-state index in [1.54, 1.807) is 20.8 Å². The van der Waals surface area contributed by atoms with Gasteiger partial charge in [0.1, 0.15) is 5.60 Å². The number of likely N-dealkylation sites (tertiary alicyclic amines) is 1. The Hall–Kier alpha value is -1.78. The minimum atomic E-state index is -4.70. The van der Waals surface area contributed by atoms with E-state index >= 15 is 0 Å². The largest absolute Gasteiger partial charge is 0.444 e. The highest BCUT2D eigenvalue weighted by atomic mass is 32.2. The van der Waals surface area contributed by atoms with Crippen LogP contribution in [0.1, 0.15) is 39.3 Å². The lowest BCUT2D eigenvalue weighted by Gasteiger charge is -2.33. The van der Waals surface area contributed by atoms with Crippen molar-refractivity contribution in [3.8, 4) is 0 Å². The van der Waals surface area contributed by atoms with Gasteiger partial charge in [-0.2, -0.15) is 18.3 Å². The van der Waals surface area contributed by atoms with Gasteiger partial charge in [0.15, 0.2) is 20.6 Å². The van der Waals surface area contributed by atoms with Gasteiger partial charge in [-0.05, 0) is 39.5 Å². The summed E-state index contributed by atoms with van der Waals surface area (Å²) < 4.78 is 69.3. The molecule has 0 spiro atoms. The van der Waals surface area contributed by atoms with Gasteiger partial charge in [0.25, 0.3) is 0 Å². The van der Waals surface area contributed by atoms with E-state index in [1.165, 1.54) is 11.9 Å². The van der Waals surface area contributed by atoms with Crippen LogP contribution in [-0.2, 0) is 27.8 Å². The molecule has 0 bridgehead atoms. The molecule has 0 N–H and O–H groups in total. The van der Waals surface area contributed by atoms with E-state index in [1.807, 2.05) is 0 Å². The number of carbonyl (C=O) groups is 1. The molecule has 154 valence electrons. The van der Waals surface area contributed by atoms with Crippen LogP contribution < -0.4 is 0 Å². The molecule has 1 aliphatic heterocycles. The Morgan fingerprint density at radius 1 is 1.26 bits per heavy atom. The first kappa shape index (κ1) is 21.5. The number of aromatic nitrogens is 2. The molecular formula is C16H24F3N3O4S. The minimum absolute atomic E-state index is 0.252. The third-order valence-corrected chi connectivity index (χ3v) is 6.10. The monoisotopic (exact) mass is 411 g/mol. The predicted octanol–water partition coefficient (Wildman–Crippen LogP) is 2.86. The molecule has 0 aliphatic carbocycles. The second kappa shape index (κ2) is 7.33. The molecule has 1 aromatic rings. The lowest BCUT2D eigenvalue weighted by Crippen LogP contribution is -2.42. The smallest absolute Gasteiger partial charge is 0.435 e. The van der Waals surface area contributed by atoms with Crippen LogP contribution in [0.3, 0.4) is 0 Å². The maximum atomic E-state index is 12.7. The molecule has 0 radical (unpaired) electrons. The number of amides is 1. The van der Waals surface area contributed by atoms with Gasteiger partial charge in [0.05, 0.1) is 5.75 Å². The zero-order chi connectivity index (χ0) is 20.6. The molecule has 0 saturated carbocycles. The molecule has 1 fully saturated rings. The zero-order valence-electron chi connectivity index (χ0n) is 15.7. The molecular weight excluding hydrogens is 387 g/mol.